The van der Waals surface area contributed by atoms with Crippen molar-refractivity contribution in [1.82, 2.24) is 4.57 Å². The normalized spacial score (nSPS) is 9.44. The van der Waals surface area contributed by atoms with E-state index >= 15 is 0 Å². The Hall–Kier alpha value is -0.980. The van der Waals surface area contributed by atoms with Gasteiger partial charge in [0.25, 0.3) is 0 Å². The van der Waals surface area contributed by atoms with Crippen LogP contribution in [0.15, 0.2) is 31.1 Å². The van der Waals surface area contributed by atoms with Crippen molar-refractivity contribution in [2.24, 2.45) is 0 Å². The highest BCUT2D eigenvalue weighted by Crippen LogP contribution is 2.04. The van der Waals surface area contributed by atoms with Gasteiger partial charge in [-0.2, -0.15) is 0 Å². The van der Waals surface area contributed by atoms with Gasteiger partial charge in [0.05, 0.1) is 0 Å². The highest BCUT2D eigenvalue weighted by molar-refractivity contribution is 5.40. The molecule has 0 fully saturated rings. The first kappa shape index (κ1) is 6.14. The number of hydrogen-bond acceptors (Lipinski definition) is 0. The number of nitrogens with zero attached hydrogens (tertiary/aromatic N) is 1. The number of aromatic nitrogens is 1. The fourth-order valence-corrected chi connectivity index (χ4v) is 0.728. The standard InChI is InChI=1S/C8H11N/c1-3-8(2)9-6-4-5-7-9/h4-7H,2-3H2,1H3. The Balaban J connectivity index is 2.77. The topological polar surface area (TPSA) is 4.93 Å². The maximum Gasteiger partial charge on any atom is 0.0145 e. The quantitative estimate of drug-likeness (QED) is 0.566. The van der Waals surface area contributed by atoms with E-state index in [0.29, 0.717) is 0 Å². The smallest absolute Gasteiger partial charge is 0.0145 e. The van der Waals surface area contributed by atoms with Crippen LogP contribution in [0.3, 0.4) is 0 Å². The SMILES string of the molecule is C=C(CC)n1cccc1. The Morgan fingerprint density at radius 2 is 2.00 bits per heavy atom. The molecule has 0 unspecified atom stereocenters. The third-order valence-corrected chi connectivity index (χ3v) is 1.38. The molecule has 1 aromatic heterocycles. The van der Waals surface area contributed by atoms with Crippen molar-refractivity contribution in [3.05, 3.63) is 31.1 Å². The molecule has 1 heterocycles. The minimum absolute atomic E-state index is 1.01. The predicted molar refractivity (Wildman–Crippen MR) is 40.1 cm³/mol. The van der Waals surface area contributed by atoms with E-state index in [1.807, 2.05) is 29.1 Å². The van der Waals surface area contributed by atoms with E-state index in [2.05, 4.69) is 13.5 Å². The second-order valence-electron chi connectivity index (χ2n) is 2.01. The van der Waals surface area contributed by atoms with Crippen LogP contribution in [0.4, 0.5) is 0 Å². The molecule has 0 spiro atoms. The molecule has 0 aromatic carbocycles. The van der Waals surface area contributed by atoms with Crippen LogP contribution in [-0.4, -0.2) is 4.57 Å². The van der Waals surface area contributed by atoms with Crippen molar-refractivity contribution in [2.45, 2.75) is 13.3 Å². The summed E-state index contributed by atoms with van der Waals surface area (Å²) < 4.78 is 2.03. The van der Waals surface area contributed by atoms with Crippen molar-refractivity contribution < 1.29 is 0 Å². The summed E-state index contributed by atoms with van der Waals surface area (Å²) in [6.07, 6.45) is 5.02. The molecule has 1 rings (SSSR count). The second-order valence-corrected chi connectivity index (χ2v) is 2.01. The maximum absolute atomic E-state index is 3.88. The molecule has 1 heteroatoms. The number of allylic oxidation sites excluding steroid dienone is 1. The van der Waals surface area contributed by atoms with Crippen molar-refractivity contribution >= 4 is 5.70 Å². The molecule has 0 N–H and O–H groups in total. The lowest BCUT2D eigenvalue weighted by Gasteiger charge is -2.00. The van der Waals surface area contributed by atoms with Crippen LogP contribution in [-0.2, 0) is 0 Å². The minimum Gasteiger partial charge on any atom is -0.328 e. The van der Waals surface area contributed by atoms with E-state index in [0.717, 1.165) is 12.1 Å². The number of rotatable bonds is 2. The van der Waals surface area contributed by atoms with Gasteiger partial charge in [0, 0.05) is 18.1 Å². The summed E-state index contributed by atoms with van der Waals surface area (Å²) in [6, 6.07) is 4.00. The first-order valence-corrected chi connectivity index (χ1v) is 3.15. The highest BCUT2D eigenvalue weighted by atomic mass is 14.9. The van der Waals surface area contributed by atoms with E-state index in [4.69, 9.17) is 0 Å². The molecule has 0 amide bonds. The van der Waals surface area contributed by atoms with Gasteiger partial charge >= 0.3 is 0 Å². The summed E-state index contributed by atoms with van der Waals surface area (Å²) in [5, 5.41) is 0. The lowest BCUT2D eigenvalue weighted by molar-refractivity contribution is 1.03. The molecular weight excluding hydrogens is 110 g/mol. The monoisotopic (exact) mass is 121 g/mol. The van der Waals surface area contributed by atoms with E-state index < -0.39 is 0 Å². The molecule has 0 saturated heterocycles. The third kappa shape index (κ3) is 1.22. The van der Waals surface area contributed by atoms with Crippen LogP contribution in [0, 0.1) is 0 Å². The van der Waals surface area contributed by atoms with Crippen molar-refractivity contribution in [2.75, 3.05) is 0 Å². The van der Waals surface area contributed by atoms with Gasteiger partial charge < -0.3 is 4.57 Å². The van der Waals surface area contributed by atoms with Crippen molar-refractivity contribution in [3.8, 4) is 0 Å². The van der Waals surface area contributed by atoms with Crippen LogP contribution >= 0.6 is 0 Å². The van der Waals surface area contributed by atoms with Gasteiger partial charge in [-0.15, -0.1) is 0 Å². The lowest BCUT2D eigenvalue weighted by atomic mass is 10.4. The molecule has 1 nitrogen and oxygen atoms in total. The summed E-state index contributed by atoms with van der Waals surface area (Å²) in [5.74, 6) is 0. The summed E-state index contributed by atoms with van der Waals surface area (Å²) in [5.41, 5.74) is 1.14. The molecule has 0 saturated carbocycles. The van der Waals surface area contributed by atoms with Crippen molar-refractivity contribution in [1.29, 1.82) is 0 Å². The fraction of sp³-hybridized carbons (Fsp3) is 0.250. The maximum atomic E-state index is 3.88. The van der Waals surface area contributed by atoms with Crippen LogP contribution in [0.2, 0.25) is 0 Å². The zero-order valence-corrected chi connectivity index (χ0v) is 5.67. The van der Waals surface area contributed by atoms with Crippen LogP contribution in [0.5, 0.6) is 0 Å². The summed E-state index contributed by atoms with van der Waals surface area (Å²) in [7, 11) is 0. The van der Waals surface area contributed by atoms with Crippen LogP contribution in [0.1, 0.15) is 13.3 Å². The zero-order valence-electron chi connectivity index (χ0n) is 5.67. The zero-order chi connectivity index (χ0) is 6.69. The number of hydrogen-bond donors (Lipinski definition) is 0. The third-order valence-electron chi connectivity index (χ3n) is 1.38. The van der Waals surface area contributed by atoms with E-state index in [1.54, 1.807) is 0 Å². The Bertz CT molecular complexity index is 184. The second kappa shape index (κ2) is 2.53. The Morgan fingerprint density at radius 3 is 2.44 bits per heavy atom. The van der Waals surface area contributed by atoms with Gasteiger partial charge in [-0.25, -0.2) is 0 Å². The summed E-state index contributed by atoms with van der Waals surface area (Å²) >= 11 is 0. The van der Waals surface area contributed by atoms with Gasteiger partial charge in [-0.1, -0.05) is 13.5 Å². The average Bonchev–Trinajstić information content (AvgIpc) is 2.37. The fourth-order valence-electron chi connectivity index (χ4n) is 0.728. The molecule has 1 aromatic rings. The molecule has 9 heavy (non-hydrogen) atoms. The van der Waals surface area contributed by atoms with E-state index in [-0.39, 0.29) is 0 Å². The van der Waals surface area contributed by atoms with Gasteiger partial charge in [0.15, 0.2) is 0 Å². The molecule has 0 aliphatic heterocycles. The van der Waals surface area contributed by atoms with Crippen LogP contribution in [0.25, 0.3) is 5.70 Å². The predicted octanol–water partition coefficient (Wildman–Crippen LogP) is 2.37. The van der Waals surface area contributed by atoms with Crippen LogP contribution < -0.4 is 0 Å². The van der Waals surface area contributed by atoms with Gasteiger partial charge in [0.1, 0.15) is 0 Å². The highest BCUT2D eigenvalue weighted by Gasteiger charge is 1.88. The summed E-state index contributed by atoms with van der Waals surface area (Å²) in [4.78, 5) is 0. The Kier molecular flexibility index (Phi) is 1.73. The first-order chi connectivity index (χ1) is 4.34. The first-order valence-electron chi connectivity index (χ1n) is 3.15. The molecular formula is C8H11N. The lowest BCUT2D eigenvalue weighted by Crippen LogP contribution is -1.87. The molecule has 48 valence electrons. The molecule has 0 atom stereocenters. The largest absolute Gasteiger partial charge is 0.328 e. The van der Waals surface area contributed by atoms with E-state index in [9.17, 15) is 0 Å². The van der Waals surface area contributed by atoms with E-state index in [1.165, 1.54) is 0 Å². The molecule has 0 bridgehead atoms. The molecule has 0 radical (unpaired) electrons. The Labute approximate surface area is 55.6 Å². The summed E-state index contributed by atoms with van der Waals surface area (Å²) in [6.45, 7) is 5.98. The minimum atomic E-state index is 1.01. The molecule has 0 aliphatic rings. The van der Waals surface area contributed by atoms with Crippen molar-refractivity contribution in [3.63, 3.8) is 0 Å². The van der Waals surface area contributed by atoms with Gasteiger partial charge in [-0.05, 0) is 18.6 Å². The van der Waals surface area contributed by atoms with Gasteiger partial charge in [-0.3, -0.25) is 0 Å². The van der Waals surface area contributed by atoms with Gasteiger partial charge in [0.2, 0.25) is 0 Å². The molecule has 0 aliphatic carbocycles. The average molecular weight is 121 g/mol. The Morgan fingerprint density at radius 1 is 1.44 bits per heavy atom.